The lowest BCUT2D eigenvalue weighted by atomic mass is 10.3. The summed E-state index contributed by atoms with van der Waals surface area (Å²) in [5.41, 5.74) is 6.68. The lowest BCUT2D eigenvalue weighted by molar-refractivity contribution is 0.637. The van der Waals surface area contributed by atoms with Gasteiger partial charge in [-0.15, -0.1) is 0 Å². The Kier molecular flexibility index (Phi) is 3.81. The molecular formula is C14H14ClFN6. The number of nitrogens with one attached hydrogen (secondary N) is 1. The van der Waals surface area contributed by atoms with Crippen molar-refractivity contribution in [3.63, 3.8) is 0 Å². The topological polar surface area (TPSA) is 81.7 Å². The van der Waals surface area contributed by atoms with Gasteiger partial charge in [0.15, 0.2) is 5.82 Å². The van der Waals surface area contributed by atoms with Crippen LogP contribution in [0.15, 0.2) is 24.3 Å². The summed E-state index contributed by atoms with van der Waals surface area (Å²) in [5.74, 6) is 1.12. The molecule has 3 N–H and O–H groups in total. The van der Waals surface area contributed by atoms with E-state index in [1.54, 1.807) is 12.1 Å². The third kappa shape index (κ3) is 2.80. The molecule has 3 aromatic rings. The predicted octanol–water partition coefficient (Wildman–Crippen LogP) is 2.39. The number of halogens is 2. The Hall–Kier alpha value is -2.41. The third-order valence-electron chi connectivity index (χ3n) is 3.32. The number of anilines is 2. The Labute approximate surface area is 131 Å². The zero-order valence-corrected chi connectivity index (χ0v) is 12.6. The van der Waals surface area contributed by atoms with E-state index in [1.165, 1.54) is 6.07 Å². The number of aromatic nitrogens is 4. The lowest BCUT2D eigenvalue weighted by Crippen LogP contribution is -2.10. The SMILES string of the molecule is Cn1c(CCNc2cc(Cl)nc(N)n2)nc2c(F)cccc21. The predicted molar refractivity (Wildman–Crippen MR) is 84.3 cm³/mol. The van der Waals surface area contributed by atoms with Gasteiger partial charge < -0.3 is 15.6 Å². The van der Waals surface area contributed by atoms with Gasteiger partial charge in [0.2, 0.25) is 5.95 Å². The van der Waals surface area contributed by atoms with Crippen molar-refractivity contribution < 1.29 is 4.39 Å². The number of nitrogens with two attached hydrogens (primary N) is 1. The minimum atomic E-state index is -0.317. The quantitative estimate of drug-likeness (QED) is 0.721. The van der Waals surface area contributed by atoms with Crippen LogP contribution in [0, 0.1) is 5.82 Å². The van der Waals surface area contributed by atoms with Crippen molar-refractivity contribution in [3.8, 4) is 0 Å². The summed E-state index contributed by atoms with van der Waals surface area (Å²) in [5, 5.41) is 3.38. The highest BCUT2D eigenvalue weighted by molar-refractivity contribution is 6.29. The summed E-state index contributed by atoms with van der Waals surface area (Å²) in [6.07, 6.45) is 0.603. The van der Waals surface area contributed by atoms with Crippen LogP contribution in [0.4, 0.5) is 16.2 Å². The molecule has 0 saturated heterocycles. The molecule has 0 saturated carbocycles. The van der Waals surface area contributed by atoms with Crippen LogP contribution in [-0.4, -0.2) is 26.1 Å². The van der Waals surface area contributed by atoms with Crippen molar-refractivity contribution in [3.05, 3.63) is 41.1 Å². The second-order valence-electron chi connectivity index (χ2n) is 4.81. The molecule has 8 heteroatoms. The maximum absolute atomic E-state index is 13.7. The normalized spacial score (nSPS) is 11.0. The van der Waals surface area contributed by atoms with Crippen LogP contribution in [0.25, 0.3) is 11.0 Å². The molecule has 0 atom stereocenters. The van der Waals surface area contributed by atoms with Crippen LogP contribution in [0.5, 0.6) is 0 Å². The molecule has 0 aliphatic rings. The first-order chi connectivity index (χ1) is 10.5. The van der Waals surface area contributed by atoms with E-state index in [4.69, 9.17) is 17.3 Å². The van der Waals surface area contributed by atoms with Gasteiger partial charge in [0, 0.05) is 26.1 Å². The van der Waals surface area contributed by atoms with Crippen molar-refractivity contribution >= 4 is 34.4 Å². The third-order valence-corrected chi connectivity index (χ3v) is 3.52. The van der Waals surface area contributed by atoms with E-state index in [2.05, 4.69) is 20.3 Å². The van der Waals surface area contributed by atoms with Crippen LogP contribution in [-0.2, 0) is 13.5 Å². The average molecular weight is 321 g/mol. The van der Waals surface area contributed by atoms with Gasteiger partial charge in [0.25, 0.3) is 0 Å². The summed E-state index contributed by atoms with van der Waals surface area (Å²) in [6.45, 7) is 0.561. The highest BCUT2D eigenvalue weighted by atomic mass is 35.5. The lowest BCUT2D eigenvalue weighted by Gasteiger charge is -2.06. The van der Waals surface area contributed by atoms with Gasteiger partial charge in [0.1, 0.15) is 22.3 Å². The van der Waals surface area contributed by atoms with Crippen LogP contribution >= 0.6 is 11.6 Å². The number of nitrogens with zero attached hydrogens (tertiary/aromatic N) is 4. The molecule has 0 fully saturated rings. The number of fused-ring (bicyclic) bond motifs is 1. The smallest absolute Gasteiger partial charge is 0.223 e. The number of nitrogen functional groups attached to an aromatic ring is 1. The molecule has 0 amide bonds. The highest BCUT2D eigenvalue weighted by Crippen LogP contribution is 2.18. The number of benzene rings is 1. The second-order valence-corrected chi connectivity index (χ2v) is 5.19. The fourth-order valence-corrected chi connectivity index (χ4v) is 2.47. The molecule has 114 valence electrons. The number of hydrogen-bond acceptors (Lipinski definition) is 5. The minimum absolute atomic E-state index is 0.111. The fourth-order valence-electron chi connectivity index (χ4n) is 2.28. The van der Waals surface area contributed by atoms with E-state index in [9.17, 15) is 4.39 Å². The fraction of sp³-hybridized carbons (Fsp3) is 0.214. The van der Waals surface area contributed by atoms with Crippen LogP contribution < -0.4 is 11.1 Å². The van der Waals surface area contributed by atoms with E-state index in [0.717, 1.165) is 11.3 Å². The summed E-state index contributed by atoms with van der Waals surface area (Å²) in [6, 6.07) is 6.51. The van der Waals surface area contributed by atoms with Crippen molar-refractivity contribution in [2.45, 2.75) is 6.42 Å². The number of imidazole rings is 1. The Morgan fingerprint density at radius 3 is 2.86 bits per heavy atom. The Morgan fingerprint density at radius 2 is 2.14 bits per heavy atom. The van der Waals surface area contributed by atoms with Crippen molar-refractivity contribution in [1.29, 1.82) is 0 Å². The van der Waals surface area contributed by atoms with Gasteiger partial charge >= 0.3 is 0 Å². The van der Waals surface area contributed by atoms with Gasteiger partial charge in [-0.25, -0.2) is 14.4 Å². The molecule has 6 nitrogen and oxygen atoms in total. The summed E-state index contributed by atoms with van der Waals surface area (Å²) in [4.78, 5) is 12.2. The molecule has 22 heavy (non-hydrogen) atoms. The van der Waals surface area contributed by atoms with E-state index < -0.39 is 0 Å². The minimum Gasteiger partial charge on any atom is -0.369 e. The molecule has 0 spiro atoms. The molecule has 0 unspecified atom stereocenters. The molecule has 1 aromatic carbocycles. The summed E-state index contributed by atoms with van der Waals surface area (Å²) in [7, 11) is 1.86. The number of rotatable bonds is 4. The largest absolute Gasteiger partial charge is 0.369 e. The Morgan fingerprint density at radius 1 is 1.32 bits per heavy atom. The second kappa shape index (κ2) is 5.76. The Balaban J connectivity index is 1.74. The first kappa shape index (κ1) is 14.5. The molecule has 0 aliphatic carbocycles. The van der Waals surface area contributed by atoms with Gasteiger partial charge in [-0.2, -0.15) is 4.98 Å². The standard InChI is InChI=1S/C14H14ClFN6/c1-22-9-4-2-3-8(16)13(9)21-12(22)5-6-18-11-7-10(15)19-14(17)20-11/h2-4,7H,5-6H2,1H3,(H3,17,18,19,20). The zero-order valence-electron chi connectivity index (χ0n) is 11.8. The van der Waals surface area contributed by atoms with Crippen molar-refractivity contribution in [1.82, 2.24) is 19.5 Å². The first-order valence-corrected chi connectivity index (χ1v) is 7.06. The van der Waals surface area contributed by atoms with Crippen LogP contribution in [0.3, 0.4) is 0 Å². The summed E-state index contributed by atoms with van der Waals surface area (Å²) < 4.78 is 15.6. The number of para-hydroxylation sites is 1. The van der Waals surface area contributed by atoms with E-state index in [-0.39, 0.29) is 16.9 Å². The van der Waals surface area contributed by atoms with E-state index in [0.29, 0.717) is 24.3 Å². The molecular weight excluding hydrogens is 307 g/mol. The molecule has 2 heterocycles. The maximum Gasteiger partial charge on any atom is 0.223 e. The van der Waals surface area contributed by atoms with Gasteiger partial charge in [-0.3, -0.25) is 0 Å². The molecule has 0 aliphatic heterocycles. The number of aryl methyl sites for hydroxylation is 1. The van der Waals surface area contributed by atoms with Crippen LogP contribution in [0.2, 0.25) is 5.15 Å². The molecule has 3 rings (SSSR count). The van der Waals surface area contributed by atoms with Crippen molar-refractivity contribution in [2.24, 2.45) is 7.05 Å². The van der Waals surface area contributed by atoms with Gasteiger partial charge in [-0.1, -0.05) is 17.7 Å². The summed E-state index contributed by atoms with van der Waals surface area (Å²) >= 11 is 5.81. The zero-order chi connectivity index (χ0) is 15.7. The monoisotopic (exact) mass is 320 g/mol. The van der Waals surface area contributed by atoms with Crippen LogP contribution in [0.1, 0.15) is 5.82 Å². The highest BCUT2D eigenvalue weighted by Gasteiger charge is 2.10. The number of hydrogen-bond donors (Lipinski definition) is 2. The van der Waals surface area contributed by atoms with Crippen molar-refractivity contribution in [2.75, 3.05) is 17.6 Å². The van der Waals surface area contributed by atoms with E-state index >= 15 is 0 Å². The Bertz CT molecular complexity index is 811. The average Bonchev–Trinajstić information content (AvgIpc) is 2.77. The maximum atomic E-state index is 13.7. The first-order valence-electron chi connectivity index (χ1n) is 6.68. The van der Waals surface area contributed by atoms with Gasteiger partial charge in [0.05, 0.1) is 5.52 Å². The van der Waals surface area contributed by atoms with E-state index in [1.807, 2.05) is 17.7 Å². The molecule has 0 bridgehead atoms. The molecule has 2 aromatic heterocycles. The van der Waals surface area contributed by atoms with Gasteiger partial charge in [-0.05, 0) is 12.1 Å². The molecule has 0 radical (unpaired) electrons.